The summed E-state index contributed by atoms with van der Waals surface area (Å²) < 4.78 is 0. The Morgan fingerprint density at radius 2 is 2.06 bits per heavy atom. The van der Waals surface area contributed by atoms with Crippen LogP contribution in [0.3, 0.4) is 0 Å². The van der Waals surface area contributed by atoms with Crippen molar-refractivity contribution < 1.29 is 0 Å². The molecular formula is C16H22N2. The van der Waals surface area contributed by atoms with Crippen LogP contribution in [0.15, 0.2) is 42.0 Å². The van der Waals surface area contributed by atoms with Gasteiger partial charge >= 0.3 is 0 Å². The van der Waals surface area contributed by atoms with E-state index in [-0.39, 0.29) is 0 Å². The van der Waals surface area contributed by atoms with Crippen molar-refractivity contribution in [2.45, 2.75) is 32.6 Å². The average molecular weight is 242 g/mol. The highest BCUT2D eigenvalue weighted by Gasteiger charge is 2.01. The minimum atomic E-state index is 0.825. The molecule has 96 valence electrons. The summed E-state index contributed by atoms with van der Waals surface area (Å²) in [6, 6.07) is 12.6. The molecule has 1 aromatic carbocycles. The maximum absolute atomic E-state index is 9.07. The number of hydrogen-bond acceptors (Lipinski definition) is 2. The topological polar surface area (TPSA) is 27.0 Å². The predicted octanol–water partition coefficient (Wildman–Crippen LogP) is 4.15. The van der Waals surface area contributed by atoms with Gasteiger partial charge in [-0.1, -0.05) is 44.0 Å². The van der Waals surface area contributed by atoms with Crippen LogP contribution < -0.4 is 4.90 Å². The van der Waals surface area contributed by atoms with Crippen LogP contribution >= 0.6 is 0 Å². The van der Waals surface area contributed by atoms with Crippen molar-refractivity contribution in [2.24, 2.45) is 0 Å². The van der Waals surface area contributed by atoms with Gasteiger partial charge in [0, 0.05) is 24.9 Å². The van der Waals surface area contributed by atoms with E-state index >= 15 is 0 Å². The molecule has 0 amide bonds. The van der Waals surface area contributed by atoms with Crippen LogP contribution in [-0.2, 0) is 0 Å². The van der Waals surface area contributed by atoms with Crippen LogP contribution in [0.25, 0.3) is 0 Å². The quantitative estimate of drug-likeness (QED) is 0.530. The molecule has 18 heavy (non-hydrogen) atoms. The summed E-state index contributed by atoms with van der Waals surface area (Å²) >= 11 is 0. The lowest BCUT2D eigenvalue weighted by atomic mass is 10.1. The molecule has 1 rings (SSSR count). The monoisotopic (exact) mass is 242 g/mol. The summed E-state index contributed by atoms with van der Waals surface area (Å²) in [5.74, 6) is 0. The first-order valence-corrected chi connectivity index (χ1v) is 6.63. The third-order valence-corrected chi connectivity index (χ3v) is 3.01. The molecule has 0 bridgehead atoms. The molecule has 0 N–H and O–H groups in total. The SMILES string of the molecule is CCCCC=C(C#N)CCN(C)c1ccccc1. The van der Waals surface area contributed by atoms with Crippen LogP contribution in [-0.4, -0.2) is 13.6 Å². The Morgan fingerprint density at radius 3 is 2.67 bits per heavy atom. The van der Waals surface area contributed by atoms with Crippen LogP contribution in [0.5, 0.6) is 0 Å². The molecule has 0 fully saturated rings. The maximum atomic E-state index is 9.07. The van der Waals surface area contributed by atoms with Gasteiger partial charge in [-0.25, -0.2) is 0 Å². The Labute approximate surface area is 111 Å². The van der Waals surface area contributed by atoms with E-state index in [2.05, 4.69) is 43.1 Å². The summed E-state index contributed by atoms with van der Waals surface area (Å²) in [6.07, 6.45) is 6.28. The van der Waals surface area contributed by atoms with Gasteiger partial charge in [-0.2, -0.15) is 5.26 Å². The number of nitrogens with zero attached hydrogens (tertiary/aromatic N) is 2. The molecule has 0 aliphatic carbocycles. The molecule has 0 aliphatic heterocycles. The molecule has 0 saturated heterocycles. The van der Waals surface area contributed by atoms with Crippen molar-refractivity contribution in [3.05, 3.63) is 42.0 Å². The normalized spacial score (nSPS) is 11.1. The van der Waals surface area contributed by atoms with Crippen molar-refractivity contribution >= 4 is 5.69 Å². The first kappa shape index (κ1) is 14.3. The van der Waals surface area contributed by atoms with E-state index in [1.54, 1.807) is 0 Å². The fraction of sp³-hybridized carbons (Fsp3) is 0.438. The lowest BCUT2D eigenvalue weighted by molar-refractivity contribution is 0.804. The predicted molar refractivity (Wildman–Crippen MR) is 77.6 cm³/mol. The fourth-order valence-electron chi connectivity index (χ4n) is 1.78. The average Bonchev–Trinajstić information content (AvgIpc) is 2.43. The van der Waals surface area contributed by atoms with Crippen LogP contribution in [0.4, 0.5) is 5.69 Å². The van der Waals surface area contributed by atoms with E-state index in [9.17, 15) is 0 Å². The van der Waals surface area contributed by atoms with E-state index in [1.807, 2.05) is 18.2 Å². The highest BCUT2D eigenvalue weighted by molar-refractivity contribution is 5.45. The smallest absolute Gasteiger partial charge is 0.0944 e. The number of benzene rings is 1. The number of nitriles is 1. The molecule has 0 saturated carbocycles. The Morgan fingerprint density at radius 1 is 1.33 bits per heavy atom. The molecule has 0 aromatic heterocycles. The second-order valence-electron chi connectivity index (χ2n) is 4.49. The third-order valence-electron chi connectivity index (χ3n) is 3.01. The Kier molecular flexibility index (Phi) is 6.64. The van der Waals surface area contributed by atoms with Crippen LogP contribution in [0.1, 0.15) is 32.6 Å². The van der Waals surface area contributed by atoms with Gasteiger partial charge < -0.3 is 4.90 Å². The molecule has 0 atom stereocenters. The summed E-state index contributed by atoms with van der Waals surface area (Å²) in [4.78, 5) is 2.19. The minimum Gasteiger partial charge on any atom is -0.374 e. The number of anilines is 1. The number of para-hydroxylation sites is 1. The first-order chi connectivity index (χ1) is 8.77. The number of rotatable bonds is 7. The Balaban J connectivity index is 2.44. The Bertz CT molecular complexity index is 401. The van der Waals surface area contributed by atoms with Gasteiger partial charge in [-0.05, 0) is 25.0 Å². The number of unbranched alkanes of at least 4 members (excludes halogenated alkanes) is 2. The van der Waals surface area contributed by atoms with E-state index < -0.39 is 0 Å². The summed E-state index contributed by atoms with van der Waals surface area (Å²) in [6.45, 7) is 3.05. The molecular weight excluding hydrogens is 220 g/mol. The van der Waals surface area contributed by atoms with Crippen molar-refractivity contribution in [3.8, 4) is 6.07 Å². The lowest BCUT2D eigenvalue weighted by Gasteiger charge is -2.18. The Hall–Kier alpha value is -1.75. The van der Waals surface area contributed by atoms with Gasteiger partial charge in [-0.15, -0.1) is 0 Å². The highest BCUT2D eigenvalue weighted by atomic mass is 15.1. The zero-order valence-corrected chi connectivity index (χ0v) is 11.4. The molecule has 0 radical (unpaired) electrons. The zero-order valence-electron chi connectivity index (χ0n) is 11.4. The first-order valence-electron chi connectivity index (χ1n) is 6.63. The van der Waals surface area contributed by atoms with E-state index in [4.69, 9.17) is 5.26 Å². The zero-order chi connectivity index (χ0) is 13.2. The van der Waals surface area contributed by atoms with E-state index in [0.29, 0.717) is 0 Å². The molecule has 0 unspecified atom stereocenters. The third kappa shape index (κ3) is 5.05. The largest absolute Gasteiger partial charge is 0.374 e. The molecule has 0 aliphatic rings. The van der Waals surface area contributed by atoms with Crippen molar-refractivity contribution in [1.29, 1.82) is 5.26 Å². The van der Waals surface area contributed by atoms with Gasteiger partial charge in [0.1, 0.15) is 0 Å². The molecule has 0 spiro atoms. The minimum absolute atomic E-state index is 0.825. The number of hydrogen-bond donors (Lipinski definition) is 0. The molecule has 1 aromatic rings. The van der Waals surface area contributed by atoms with Gasteiger partial charge in [0.25, 0.3) is 0 Å². The summed E-state index contributed by atoms with van der Waals surface area (Å²) in [5.41, 5.74) is 2.11. The lowest BCUT2D eigenvalue weighted by Crippen LogP contribution is -2.18. The van der Waals surface area contributed by atoms with Crippen LogP contribution in [0, 0.1) is 11.3 Å². The van der Waals surface area contributed by atoms with Crippen molar-refractivity contribution in [2.75, 3.05) is 18.5 Å². The second kappa shape index (κ2) is 8.36. The van der Waals surface area contributed by atoms with E-state index in [1.165, 1.54) is 18.5 Å². The molecule has 2 heteroatoms. The summed E-state index contributed by atoms with van der Waals surface area (Å²) in [5, 5.41) is 9.07. The van der Waals surface area contributed by atoms with Gasteiger partial charge in [-0.3, -0.25) is 0 Å². The molecule has 0 heterocycles. The highest BCUT2D eigenvalue weighted by Crippen LogP contribution is 2.13. The van der Waals surface area contributed by atoms with Crippen LogP contribution in [0.2, 0.25) is 0 Å². The second-order valence-corrected chi connectivity index (χ2v) is 4.49. The van der Waals surface area contributed by atoms with Gasteiger partial charge in [0.05, 0.1) is 6.07 Å². The van der Waals surface area contributed by atoms with Gasteiger partial charge in [0.2, 0.25) is 0 Å². The fourth-order valence-corrected chi connectivity index (χ4v) is 1.78. The standard InChI is InChI=1S/C16H22N2/c1-3-4-6-9-15(14-17)12-13-18(2)16-10-7-5-8-11-16/h5,7-11H,3-4,6,12-13H2,1-2H3. The molecule has 2 nitrogen and oxygen atoms in total. The summed E-state index contributed by atoms with van der Waals surface area (Å²) in [7, 11) is 2.07. The number of allylic oxidation sites excluding steroid dienone is 1. The maximum Gasteiger partial charge on any atom is 0.0944 e. The van der Waals surface area contributed by atoms with E-state index in [0.717, 1.165) is 25.0 Å². The van der Waals surface area contributed by atoms with Crippen molar-refractivity contribution in [1.82, 2.24) is 0 Å². The van der Waals surface area contributed by atoms with Gasteiger partial charge in [0.15, 0.2) is 0 Å². The van der Waals surface area contributed by atoms with Crippen molar-refractivity contribution in [3.63, 3.8) is 0 Å².